The zero-order chi connectivity index (χ0) is 22.3. The van der Waals surface area contributed by atoms with Crippen LogP contribution < -0.4 is 9.64 Å². The van der Waals surface area contributed by atoms with E-state index in [1.54, 1.807) is 41.3 Å². The monoisotopic (exact) mass is 432 g/mol. The van der Waals surface area contributed by atoms with Crippen LogP contribution in [0.15, 0.2) is 59.0 Å². The van der Waals surface area contributed by atoms with E-state index < -0.39 is 0 Å². The second-order valence-electron chi connectivity index (χ2n) is 7.17. The van der Waals surface area contributed by atoms with E-state index in [2.05, 4.69) is 11.1 Å². The van der Waals surface area contributed by atoms with Crippen molar-refractivity contribution >= 4 is 23.9 Å². The van der Waals surface area contributed by atoms with Crippen molar-refractivity contribution in [2.75, 3.05) is 37.7 Å². The second-order valence-corrected chi connectivity index (χ2v) is 7.17. The smallest absolute Gasteiger partial charge is 0.260 e. The Labute approximate surface area is 185 Å². The predicted molar refractivity (Wildman–Crippen MR) is 117 cm³/mol. The molecule has 3 aromatic rings. The molecule has 1 aromatic heterocycles. The first-order valence-corrected chi connectivity index (χ1v) is 10.2. The van der Waals surface area contributed by atoms with Crippen LogP contribution in [0.4, 0.5) is 10.3 Å². The van der Waals surface area contributed by atoms with Crippen LogP contribution in [0.2, 0.25) is 0 Å². The largest absolute Gasteiger partial charge is 0.484 e. The summed E-state index contributed by atoms with van der Waals surface area (Å²) in [6.45, 7) is 1.99. The molecule has 1 amide bonds. The van der Waals surface area contributed by atoms with Gasteiger partial charge in [0.05, 0.1) is 0 Å². The Kier molecular flexibility index (Phi) is 6.46. The summed E-state index contributed by atoms with van der Waals surface area (Å²) >= 11 is 0. The molecule has 162 valence electrons. The molecule has 0 spiro atoms. The number of nitrogens with zero attached hydrogens (tertiary/aromatic N) is 4. The highest BCUT2D eigenvalue weighted by molar-refractivity contribution is 5.78. The summed E-state index contributed by atoms with van der Waals surface area (Å²) in [7, 11) is 0. The standard InChI is InChI=1S/C24H21FN4O3/c25-19-9-6-18(7-10-19)8-11-22-27-21(16-26)24(32-22)29-14-12-28(13-15-29)23(30)17-31-20-4-2-1-3-5-20/h1-11H,12-15,17H2. The van der Waals surface area contributed by atoms with Crippen LogP contribution in [0.1, 0.15) is 17.1 Å². The van der Waals surface area contributed by atoms with E-state index in [9.17, 15) is 14.4 Å². The van der Waals surface area contributed by atoms with Gasteiger partial charge < -0.3 is 19.0 Å². The quantitative estimate of drug-likeness (QED) is 0.592. The van der Waals surface area contributed by atoms with E-state index in [0.717, 1.165) is 5.56 Å². The van der Waals surface area contributed by atoms with Crippen LogP contribution in [-0.4, -0.2) is 48.6 Å². The van der Waals surface area contributed by atoms with E-state index >= 15 is 0 Å². The summed E-state index contributed by atoms with van der Waals surface area (Å²) in [5.41, 5.74) is 0.977. The summed E-state index contributed by atoms with van der Waals surface area (Å²) in [6.07, 6.45) is 3.37. The van der Waals surface area contributed by atoms with E-state index in [1.807, 2.05) is 23.1 Å². The van der Waals surface area contributed by atoms with Gasteiger partial charge in [0.1, 0.15) is 17.6 Å². The summed E-state index contributed by atoms with van der Waals surface area (Å²) in [5, 5.41) is 9.45. The molecular formula is C24H21FN4O3. The van der Waals surface area contributed by atoms with Gasteiger partial charge in [-0.1, -0.05) is 30.3 Å². The molecule has 1 fully saturated rings. The van der Waals surface area contributed by atoms with Crippen molar-refractivity contribution in [3.05, 3.63) is 77.6 Å². The first kappa shape index (κ1) is 21.1. The summed E-state index contributed by atoms with van der Waals surface area (Å²) in [5.74, 6) is 0.932. The van der Waals surface area contributed by atoms with Crippen molar-refractivity contribution in [2.45, 2.75) is 0 Å². The Morgan fingerprint density at radius 3 is 2.50 bits per heavy atom. The predicted octanol–water partition coefficient (Wildman–Crippen LogP) is 3.58. The third-order valence-electron chi connectivity index (χ3n) is 5.05. The molecule has 0 saturated carbocycles. The minimum absolute atomic E-state index is 0.0197. The highest BCUT2D eigenvalue weighted by Gasteiger charge is 2.26. The lowest BCUT2D eigenvalue weighted by Gasteiger charge is -2.34. The zero-order valence-corrected chi connectivity index (χ0v) is 17.3. The zero-order valence-electron chi connectivity index (χ0n) is 17.3. The molecular weight excluding hydrogens is 411 g/mol. The average Bonchev–Trinajstić information content (AvgIpc) is 3.26. The first-order chi connectivity index (χ1) is 15.6. The topological polar surface area (TPSA) is 82.6 Å². The number of piperazine rings is 1. The lowest BCUT2D eigenvalue weighted by Crippen LogP contribution is -2.50. The van der Waals surface area contributed by atoms with Crippen molar-refractivity contribution in [3.8, 4) is 11.8 Å². The van der Waals surface area contributed by atoms with Gasteiger partial charge in [-0.2, -0.15) is 10.2 Å². The van der Waals surface area contributed by atoms with Gasteiger partial charge >= 0.3 is 0 Å². The molecule has 0 unspecified atom stereocenters. The molecule has 1 aliphatic rings. The Morgan fingerprint density at radius 1 is 1.09 bits per heavy atom. The number of nitriles is 1. The van der Waals surface area contributed by atoms with Gasteiger partial charge in [0, 0.05) is 32.3 Å². The maximum Gasteiger partial charge on any atom is 0.260 e. The number of benzene rings is 2. The number of para-hydroxylation sites is 1. The Morgan fingerprint density at radius 2 is 1.81 bits per heavy atom. The molecule has 0 radical (unpaired) electrons. The lowest BCUT2D eigenvalue weighted by atomic mass is 10.2. The Hall–Kier alpha value is -4.12. The number of aromatic nitrogens is 1. The molecule has 32 heavy (non-hydrogen) atoms. The number of ether oxygens (including phenoxy) is 1. The van der Waals surface area contributed by atoms with Crippen LogP contribution in [0.5, 0.6) is 5.75 Å². The van der Waals surface area contributed by atoms with Gasteiger partial charge in [0.2, 0.25) is 17.5 Å². The van der Waals surface area contributed by atoms with Crippen LogP contribution in [0.3, 0.4) is 0 Å². The first-order valence-electron chi connectivity index (χ1n) is 10.2. The lowest BCUT2D eigenvalue weighted by molar-refractivity contribution is -0.133. The fourth-order valence-corrected chi connectivity index (χ4v) is 3.34. The molecule has 0 N–H and O–H groups in total. The fraction of sp³-hybridized carbons (Fsp3) is 0.208. The average molecular weight is 432 g/mol. The molecule has 1 saturated heterocycles. The molecule has 0 aliphatic carbocycles. The highest BCUT2D eigenvalue weighted by Crippen LogP contribution is 2.24. The number of halogens is 1. The summed E-state index contributed by atoms with van der Waals surface area (Å²) in [6, 6.07) is 17.3. The molecule has 0 atom stereocenters. The highest BCUT2D eigenvalue weighted by atomic mass is 19.1. The van der Waals surface area contributed by atoms with Gasteiger partial charge in [-0.25, -0.2) is 4.39 Å². The Bertz CT molecular complexity index is 1130. The molecule has 2 aromatic carbocycles. The number of carbonyl (C=O) groups excluding carboxylic acids is 1. The summed E-state index contributed by atoms with van der Waals surface area (Å²) in [4.78, 5) is 20.3. The second kappa shape index (κ2) is 9.79. The Balaban J connectivity index is 1.35. The molecule has 8 heteroatoms. The van der Waals surface area contributed by atoms with Crippen molar-refractivity contribution < 1.29 is 18.3 Å². The van der Waals surface area contributed by atoms with Crippen molar-refractivity contribution in [3.63, 3.8) is 0 Å². The van der Waals surface area contributed by atoms with Gasteiger partial charge in [0.15, 0.2) is 6.61 Å². The van der Waals surface area contributed by atoms with Gasteiger partial charge in [-0.05, 0) is 35.9 Å². The van der Waals surface area contributed by atoms with Gasteiger partial charge in [-0.15, -0.1) is 0 Å². The van der Waals surface area contributed by atoms with E-state index in [-0.39, 0.29) is 29.9 Å². The number of carbonyl (C=O) groups is 1. The van der Waals surface area contributed by atoms with Crippen LogP contribution in [-0.2, 0) is 4.79 Å². The third-order valence-corrected chi connectivity index (χ3v) is 5.05. The maximum atomic E-state index is 13.0. The number of anilines is 1. The van der Waals surface area contributed by atoms with Crippen LogP contribution in [0, 0.1) is 17.1 Å². The fourth-order valence-electron chi connectivity index (χ4n) is 3.34. The van der Waals surface area contributed by atoms with Crippen molar-refractivity contribution in [2.24, 2.45) is 0 Å². The normalized spacial score (nSPS) is 13.9. The van der Waals surface area contributed by atoms with Crippen molar-refractivity contribution in [1.29, 1.82) is 5.26 Å². The SMILES string of the molecule is N#Cc1nc(C=Cc2ccc(F)cc2)oc1N1CCN(C(=O)COc2ccccc2)CC1. The number of rotatable bonds is 6. The van der Waals surface area contributed by atoms with Gasteiger partial charge in [-0.3, -0.25) is 4.79 Å². The van der Waals surface area contributed by atoms with E-state index in [0.29, 0.717) is 37.8 Å². The minimum atomic E-state index is -0.309. The third kappa shape index (κ3) is 5.13. The molecule has 0 bridgehead atoms. The van der Waals surface area contributed by atoms with E-state index in [4.69, 9.17) is 9.15 Å². The van der Waals surface area contributed by atoms with Crippen LogP contribution >= 0.6 is 0 Å². The number of hydrogen-bond donors (Lipinski definition) is 0. The summed E-state index contributed by atoms with van der Waals surface area (Å²) < 4.78 is 24.4. The molecule has 4 rings (SSSR count). The number of amides is 1. The number of oxazole rings is 1. The van der Waals surface area contributed by atoms with E-state index in [1.165, 1.54) is 12.1 Å². The molecule has 1 aliphatic heterocycles. The van der Waals surface area contributed by atoms with Crippen molar-refractivity contribution in [1.82, 2.24) is 9.88 Å². The van der Waals surface area contributed by atoms with Crippen LogP contribution in [0.25, 0.3) is 12.2 Å². The number of hydrogen-bond acceptors (Lipinski definition) is 6. The molecule has 7 nitrogen and oxygen atoms in total. The maximum absolute atomic E-state index is 13.0. The van der Waals surface area contributed by atoms with Gasteiger partial charge in [0.25, 0.3) is 5.91 Å². The molecule has 2 heterocycles. The minimum Gasteiger partial charge on any atom is -0.484 e.